The van der Waals surface area contributed by atoms with Gasteiger partial charge in [-0.05, 0) is 54.6 Å². The van der Waals surface area contributed by atoms with Crippen molar-refractivity contribution in [1.29, 1.82) is 0 Å². The van der Waals surface area contributed by atoms with Gasteiger partial charge in [-0.1, -0.05) is 6.07 Å². The highest BCUT2D eigenvalue weighted by atomic mass is 16.4. The molecule has 0 atom stereocenters. The Labute approximate surface area is 132 Å². The Morgan fingerprint density at radius 2 is 1.83 bits per heavy atom. The normalized spacial score (nSPS) is 11.0. The fraction of sp³-hybridized carbons (Fsp3) is 0. The third kappa shape index (κ3) is 3.29. The number of carboxylic acids is 1. The molecule has 0 radical (unpaired) electrons. The first-order valence-corrected chi connectivity index (χ1v) is 6.98. The molecule has 2 aromatic carbocycles. The minimum atomic E-state index is -0.960. The largest absolute Gasteiger partial charge is 0.508 e. The molecule has 0 aliphatic rings. The minimum Gasteiger partial charge on any atom is -0.508 e. The topological polar surface area (TPSA) is 74.8 Å². The van der Waals surface area contributed by atoms with Gasteiger partial charge in [0.25, 0.3) is 0 Å². The summed E-state index contributed by atoms with van der Waals surface area (Å²) in [4.78, 5) is 15.5. The number of nitrogens with zero attached hydrogens (tertiary/aromatic N) is 2. The number of carbonyl (C=O) groups is 1. The number of aromatic hydroxyl groups is 1. The van der Waals surface area contributed by atoms with E-state index in [1.54, 1.807) is 48.7 Å². The Morgan fingerprint density at radius 1 is 1.04 bits per heavy atom. The number of rotatable bonds is 4. The van der Waals surface area contributed by atoms with Gasteiger partial charge in [-0.2, -0.15) is 0 Å². The van der Waals surface area contributed by atoms with Crippen LogP contribution in [0, 0.1) is 0 Å². The van der Waals surface area contributed by atoms with E-state index < -0.39 is 5.97 Å². The molecule has 5 nitrogen and oxygen atoms in total. The van der Waals surface area contributed by atoms with Gasteiger partial charge in [0.2, 0.25) is 0 Å². The van der Waals surface area contributed by atoms with E-state index in [1.165, 1.54) is 0 Å². The lowest BCUT2D eigenvalue weighted by Gasteiger charge is -2.07. The number of carboxylic acid groups (broad SMARTS) is 1. The van der Waals surface area contributed by atoms with E-state index in [0.29, 0.717) is 0 Å². The van der Waals surface area contributed by atoms with Crippen LogP contribution in [0.15, 0.2) is 71.9 Å². The van der Waals surface area contributed by atoms with Crippen LogP contribution in [-0.4, -0.2) is 27.0 Å². The molecule has 1 heterocycles. The van der Waals surface area contributed by atoms with E-state index in [-0.39, 0.29) is 11.3 Å². The Kier molecular flexibility index (Phi) is 3.93. The third-order valence-corrected chi connectivity index (χ3v) is 3.35. The molecule has 0 bridgehead atoms. The van der Waals surface area contributed by atoms with E-state index in [0.717, 1.165) is 17.1 Å². The molecule has 0 amide bonds. The highest BCUT2D eigenvalue weighted by Crippen LogP contribution is 2.18. The lowest BCUT2D eigenvalue weighted by Crippen LogP contribution is -2.01. The molecule has 5 heteroatoms. The smallest absolute Gasteiger partial charge is 0.335 e. The van der Waals surface area contributed by atoms with Crippen LogP contribution in [0.5, 0.6) is 5.75 Å². The van der Waals surface area contributed by atoms with Crippen LogP contribution in [0.2, 0.25) is 0 Å². The van der Waals surface area contributed by atoms with Crippen LogP contribution in [0.3, 0.4) is 0 Å². The number of phenols is 1. The lowest BCUT2D eigenvalue weighted by atomic mass is 10.2. The molecule has 0 saturated carbocycles. The zero-order valence-corrected chi connectivity index (χ0v) is 12.1. The summed E-state index contributed by atoms with van der Waals surface area (Å²) in [5.74, 6) is -0.767. The van der Waals surface area contributed by atoms with Gasteiger partial charge in [-0.25, -0.2) is 4.79 Å². The van der Waals surface area contributed by atoms with Crippen molar-refractivity contribution in [1.82, 2.24) is 4.57 Å². The van der Waals surface area contributed by atoms with Crippen LogP contribution in [0.4, 0.5) is 5.69 Å². The quantitative estimate of drug-likeness (QED) is 0.723. The number of aromatic carboxylic acids is 1. The van der Waals surface area contributed by atoms with Gasteiger partial charge >= 0.3 is 5.97 Å². The Morgan fingerprint density at radius 3 is 2.57 bits per heavy atom. The molecule has 0 aliphatic carbocycles. The second-order valence-electron chi connectivity index (χ2n) is 4.93. The molecule has 3 aromatic rings. The van der Waals surface area contributed by atoms with Crippen molar-refractivity contribution in [3.63, 3.8) is 0 Å². The van der Waals surface area contributed by atoms with E-state index in [1.807, 2.05) is 29.0 Å². The summed E-state index contributed by atoms with van der Waals surface area (Å²) in [5.41, 5.74) is 2.52. The highest BCUT2D eigenvalue weighted by molar-refractivity contribution is 5.88. The van der Waals surface area contributed by atoms with E-state index >= 15 is 0 Å². The zero-order valence-electron chi connectivity index (χ0n) is 12.1. The van der Waals surface area contributed by atoms with Crippen molar-refractivity contribution in [2.24, 2.45) is 4.99 Å². The van der Waals surface area contributed by atoms with Crippen molar-refractivity contribution in [2.75, 3.05) is 0 Å². The van der Waals surface area contributed by atoms with Gasteiger partial charge in [0.05, 0.1) is 23.2 Å². The van der Waals surface area contributed by atoms with Crippen LogP contribution in [-0.2, 0) is 0 Å². The molecular formula is C18H14N2O3. The number of benzene rings is 2. The Bertz CT molecular complexity index is 864. The van der Waals surface area contributed by atoms with Crippen LogP contribution >= 0.6 is 0 Å². The summed E-state index contributed by atoms with van der Waals surface area (Å²) in [6.45, 7) is 0. The van der Waals surface area contributed by atoms with Crippen LogP contribution < -0.4 is 0 Å². The van der Waals surface area contributed by atoms with Crippen LogP contribution in [0.1, 0.15) is 16.1 Å². The van der Waals surface area contributed by atoms with Crippen molar-refractivity contribution >= 4 is 17.9 Å². The lowest BCUT2D eigenvalue weighted by molar-refractivity contribution is 0.0697. The molecule has 0 unspecified atom stereocenters. The van der Waals surface area contributed by atoms with Gasteiger partial charge in [-0.3, -0.25) is 4.99 Å². The van der Waals surface area contributed by atoms with Gasteiger partial charge in [0.15, 0.2) is 0 Å². The fourth-order valence-corrected chi connectivity index (χ4v) is 2.20. The zero-order chi connectivity index (χ0) is 16.2. The number of aromatic nitrogens is 1. The summed E-state index contributed by atoms with van der Waals surface area (Å²) >= 11 is 0. The second kappa shape index (κ2) is 6.19. The molecule has 2 N–H and O–H groups in total. The van der Waals surface area contributed by atoms with Gasteiger partial charge in [0.1, 0.15) is 5.75 Å². The average Bonchev–Trinajstić information content (AvgIpc) is 3.03. The maximum Gasteiger partial charge on any atom is 0.335 e. The summed E-state index contributed by atoms with van der Waals surface area (Å²) in [7, 11) is 0. The predicted octanol–water partition coefficient (Wildman–Crippen LogP) is 3.63. The molecule has 0 spiro atoms. The molecule has 23 heavy (non-hydrogen) atoms. The molecule has 3 rings (SSSR count). The molecule has 0 saturated heterocycles. The van der Waals surface area contributed by atoms with E-state index in [9.17, 15) is 9.90 Å². The monoisotopic (exact) mass is 306 g/mol. The SMILES string of the molecule is O=C(O)c1cccc(-n2cccc2C=Nc2ccc(O)cc2)c1. The summed E-state index contributed by atoms with van der Waals surface area (Å²) in [5, 5.41) is 18.4. The molecule has 0 aliphatic heterocycles. The highest BCUT2D eigenvalue weighted by Gasteiger charge is 2.06. The first-order chi connectivity index (χ1) is 11.1. The van der Waals surface area contributed by atoms with Gasteiger partial charge in [0, 0.05) is 11.9 Å². The van der Waals surface area contributed by atoms with Gasteiger partial charge < -0.3 is 14.8 Å². The first-order valence-electron chi connectivity index (χ1n) is 6.98. The standard InChI is InChI=1S/C18H14N2O3/c21-17-8-6-14(7-9-17)19-12-16-5-2-10-20(16)15-4-1-3-13(11-15)18(22)23/h1-12,21H,(H,22,23). The third-order valence-electron chi connectivity index (χ3n) is 3.35. The predicted molar refractivity (Wildman–Crippen MR) is 88.1 cm³/mol. The molecule has 0 fully saturated rings. The minimum absolute atomic E-state index is 0.192. The molecule has 114 valence electrons. The van der Waals surface area contributed by atoms with Crippen LogP contribution in [0.25, 0.3) is 5.69 Å². The molecule has 1 aromatic heterocycles. The van der Waals surface area contributed by atoms with E-state index in [4.69, 9.17) is 5.11 Å². The second-order valence-corrected chi connectivity index (χ2v) is 4.93. The number of aliphatic imine (C=N–C) groups is 1. The maximum atomic E-state index is 11.1. The molecular weight excluding hydrogens is 292 g/mol. The van der Waals surface area contributed by atoms with Crippen molar-refractivity contribution in [3.8, 4) is 11.4 Å². The summed E-state index contributed by atoms with van der Waals surface area (Å²) < 4.78 is 1.86. The number of hydrogen-bond acceptors (Lipinski definition) is 3. The maximum absolute atomic E-state index is 11.1. The van der Waals surface area contributed by atoms with Crippen molar-refractivity contribution < 1.29 is 15.0 Å². The van der Waals surface area contributed by atoms with Crippen molar-refractivity contribution in [2.45, 2.75) is 0 Å². The number of phenolic OH excluding ortho intramolecular Hbond substituents is 1. The summed E-state index contributed by atoms with van der Waals surface area (Å²) in [6, 6.07) is 17.0. The van der Waals surface area contributed by atoms with Gasteiger partial charge in [-0.15, -0.1) is 0 Å². The summed E-state index contributed by atoms with van der Waals surface area (Å²) in [6.07, 6.45) is 3.54. The average molecular weight is 306 g/mol. The van der Waals surface area contributed by atoms with Crippen molar-refractivity contribution in [3.05, 3.63) is 78.1 Å². The Hall–Kier alpha value is -3.34. The Balaban J connectivity index is 1.92. The van der Waals surface area contributed by atoms with E-state index in [2.05, 4.69) is 4.99 Å². The first kappa shape index (κ1) is 14.6. The number of hydrogen-bond donors (Lipinski definition) is 2. The fourth-order valence-electron chi connectivity index (χ4n) is 2.20.